The minimum Gasteiger partial charge on any atom is -0.468 e. The van der Waals surface area contributed by atoms with Crippen molar-refractivity contribution in [1.82, 2.24) is 5.32 Å². The highest BCUT2D eigenvalue weighted by Crippen LogP contribution is 2.41. The first-order valence-electron chi connectivity index (χ1n) is 9.95. The molecule has 0 bridgehead atoms. The predicted octanol–water partition coefficient (Wildman–Crippen LogP) is 4.95. The SMILES string of the molecule is CCCOC(=O)CSC1=C(C#N)C(c2ccco2)C(C(=O)Nc2ccc(Cl)cc2)=C(C)N1. The van der Waals surface area contributed by atoms with Crippen molar-refractivity contribution in [3.8, 4) is 6.07 Å². The molecule has 3 rings (SSSR count). The molecule has 2 heterocycles. The smallest absolute Gasteiger partial charge is 0.316 e. The average Bonchev–Trinajstić information content (AvgIpc) is 3.31. The van der Waals surface area contributed by atoms with E-state index in [2.05, 4.69) is 16.7 Å². The van der Waals surface area contributed by atoms with E-state index < -0.39 is 5.92 Å². The largest absolute Gasteiger partial charge is 0.468 e. The lowest BCUT2D eigenvalue weighted by molar-refractivity contribution is -0.140. The number of anilines is 1. The summed E-state index contributed by atoms with van der Waals surface area (Å²) in [5.74, 6) is -0.977. The summed E-state index contributed by atoms with van der Waals surface area (Å²) < 4.78 is 10.7. The van der Waals surface area contributed by atoms with Gasteiger partial charge in [0.1, 0.15) is 5.76 Å². The van der Waals surface area contributed by atoms with E-state index in [1.807, 2.05) is 6.92 Å². The van der Waals surface area contributed by atoms with E-state index in [0.717, 1.165) is 18.2 Å². The van der Waals surface area contributed by atoms with Gasteiger partial charge in [0.15, 0.2) is 0 Å². The van der Waals surface area contributed by atoms with Gasteiger partial charge in [0.05, 0.1) is 46.8 Å². The number of halogens is 1. The number of ether oxygens (including phenoxy) is 1. The Kier molecular flexibility index (Phi) is 8.03. The summed E-state index contributed by atoms with van der Waals surface area (Å²) >= 11 is 7.08. The maximum absolute atomic E-state index is 13.2. The number of carbonyl (C=O) groups excluding carboxylic acids is 2. The number of nitriles is 1. The van der Waals surface area contributed by atoms with Crippen LogP contribution in [0.3, 0.4) is 0 Å². The number of dihydropyridines is 1. The Bertz CT molecular complexity index is 1090. The molecule has 1 atom stereocenters. The highest BCUT2D eigenvalue weighted by molar-refractivity contribution is 8.03. The molecule has 1 aliphatic rings. The Hall–Kier alpha value is -3.15. The van der Waals surface area contributed by atoms with Crippen molar-refractivity contribution in [3.05, 3.63) is 75.3 Å². The summed E-state index contributed by atoms with van der Waals surface area (Å²) in [4.78, 5) is 25.2. The van der Waals surface area contributed by atoms with Gasteiger partial charge < -0.3 is 19.8 Å². The number of nitrogens with zero attached hydrogens (tertiary/aromatic N) is 1. The van der Waals surface area contributed by atoms with Gasteiger partial charge in [-0.25, -0.2) is 0 Å². The zero-order chi connectivity index (χ0) is 23.1. The summed E-state index contributed by atoms with van der Waals surface area (Å²) in [5.41, 5.74) is 1.77. The molecule has 0 spiro atoms. The first-order valence-corrected chi connectivity index (χ1v) is 11.3. The molecule has 0 aliphatic carbocycles. The fourth-order valence-corrected chi connectivity index (χ4v) is 4.20. The van der Waals surface area contributed by atoms with Crippen LogP contribution in [0.15, 0.2) is 69.0 Å². The fraction of sp³-hybridized carbons (Fsp3) is 0.261. The van der Waals surface area contributed by atoms with E-state index >= 15 is 0 Å². The van der Waals surface area contributed by atoms with Crippen LogP contribution in [0.2, 0.25) is 5.02 Å². The molecule has 1 aromatic heterocycles. The summed E-state index contributed by atoms with van der Waals surface area (Å²) in [7, 11) is 0. The standard InChI is InChI=1S/C23H22ClN3O4S/c1-3-10-31-19(28)13-32-23-17(12-25)21(18-5-4-11-30-18)20(14(2)26-23)22(29)27-16-8-6-15(24)7-9-16/h4-9,11,21,26H,3,10,13H2,1-2H3,(H,27,29). The number of nitrogens with one attached hydrogen (secondary N) is 2. The van der Waals surface area contributed by atoms with Crippen molar-refractivity contribution >= 4 is 40.9 Å². The molecule has 0 saturated carbocycles. The summed E-state index contributed by atoms with van der Waals surface area (Å²) in [6.45, 7) is 4.01. The van der Waals surface area contributed by atoms with Crippen LogP contribution in [0.5, 0.6) is 0 Å². The zero-order valence-electron chi connectivity index (χ0n) is 17.6. The second kappa shape index (κ2) is 10.9. The number of amides is 1. The van der Waals surface area contributed by atoms with Gasteiger partial charge in [0.2, 0.25) is 0 Å². The Labute approximate surface area is 195 Å². The fourth-order valence-electron chi connectivity index (χ4n) is 3.19. The van der Waals surface area contributed by atoms with Crippen LogP contribution in [0.4, 0.5) is 5.69 Å². The average molecular weight is 472 g/mol. The van der Waals surface area contributed by atoms with Gasteiger partial charge in [0.25, 0.3) is 5.91 Å². The van der Waals surface area contributed by atoms with Crippen LogP contribution >= 0.6 is 23.4 Å². The maximum atomic E-state index is 13.2. The molecule has 1 aliphatic heterocycles. The third-order valence-electron chi connectivity index (χ3n) is 4.62. The van der Waals surface area contributed by atoms with E-state index in [1.165, 1.54) is 6.26 Å². The molecule has 0 fully saturated rings. The van der Waals surface area contributed by atoms with Crippen LogP contribution in [0.1, 0.15) is 31.9 Å². The Morgan fingerprint density at radius 3 is 2.69 bits per heavy atom. The van der Waals surface area contributed by atoms with Gasteiger partial charge in [-0.15, -0.1) is 0 Å². The normalized spacial score (nSPS) is 15.8. The van der Waals surface area contributed by atoms with Crippen molar-refractivity contribution in [2.24, 2.45) is 0 Å². The third-order valence-corrected chi connectivity index (χ3v) is 5.87. The second-order valence-electron chi connectivity index (χ2n) is 6.94. The number of allylic oxidation sites excluding steroid dienone is 2. The molecule has 32 heavy (non-hydrogen) atoms. The molecule has 2 N–H and O–H groups in total. The van der Waals surface area contributed by atoms with Gasteiger partial charge in [-0.05, 0) is 49.7 Å². The number of esters is 1. The first kappa shape index (κ1) is 23.5. The molecule has 2 aromatic rings. The molecule has 0 radical (unpaired) electrons. The number of carbonyl (C=O) groups is 2. The van der Waals surface area contributed by atoms with Crippen LogP contribution in [0, 0.1) is 11.3 Å². The number of benzene rings is 1. The Balaban J connectivity index is 1.90. The lowest BCUT2D eigenvalue weighted by Gasteiger charge is -2.28. The maximum Gasteiger partial charge on any atom is 0.316 e. The molecule has 0 saturated heterocycles. The van der Waals surface area contributed by atoms with Crippen molar-refractivity contribution < 1.29 is 18.7 Å². The van der Waals surface area contributed by atoms with Gasteiger partial charge in [0, 0.05) is 16.4 Å². The lowest BCUT2D eigenvalue weighted by atomic mass is 9.85. The minimum atomic E-state index is -0.724. The number of rotatable bonds is 8. The molecule has 1 amide bonds. The van der Waals surface area contributed by atoms with Gasteiger partial charge >= 0.3 is 5.97 Å². The van der Waals surface area contributed by atoms with Gasteiger partial charge in [-0.3, -0.25) is 9.59 Å². The van der Waals surface area contributed by atoms with E-state index in [0.29, 0.717) is 44.9 Å². The molecule has 7 nitrogen and oxygen atoms in total. The number of hydrogen-bond acceptors (Lipinski definition) is 7. The van der Waals surface area contributed by atoms with E-state index in [9.17, 15) is 14.9 Å². The van der Waals surface area contributed by atoms with Crippen molar-refractivity contribution in [2.45, 2.75) is 26.2 Å². The Morgan fingerprint density at radius 1 is 1.31 bits per heavy atom. The molecule has 9 heteroatoms. The van der Waals surface area contributed by atoms with Crippen molar-refractivity contribution in [1.29, 1.82) is 5.26 Å². The quantitative estimate of drug-likeness (QED) is 0.524. The van der Waals surface area contributed by atoms with Gasteiger partial charge in [-0.2, -0.15) is 5.26 Å². The van der Waals surface area contributed by atoms with E-state index in [-0.39, 0.29) is 17.6 Å². The zero-order valence-corrected chi connectivity index (χ0v) is 19.2. The minimum absolute atomic E-state index is 0.0397. The molecular weight excluding hydrogens is 450 g/mol. The highest BCUT2D eigenvalue weighted by atomic mass is 35.5. The first-order chi connectivity index (χ1) is 15.4. The molecule has 1 unspecified atom stereocenters. The second-order valence-corrected chi connectivity index (χ2v) is 8.36. The van der Waals surface area contributed by atoms with E-state index in [1.54, 1.807) is 43.3 Å². The lowest BCUT2D eigenvalue weighted by Crippen LogP contribution is -2.30. The van der Waals surface area contributed by atoms with Crippen LogP contribution < -0.4 is 10.6 Å². The number of furan rings is 1. The van der Waals surface area contributed by atoms with Crippen molar-refractivity contribution in [3.63, 3.8) is 0 Å². The highest BCUT2D eigenvalue weighted by Gasteiger charge is 2.36. The monoisotopic (exact) mass is 471 g/mol. The van der Waals surface area contributed by atoms with Crippen LogP contribution in [-0.2, 0) is 14.3 Å². The van der Waals surface area contributed by atoms with E-state index in [4.69, 9.17) is 20.8 Å². The number of thioether (sulfide) groups is 1. The van der Waals surface area contributed by atoms with Gasteiger partial charge in [-0.1, -0.05) is 30.3 Å². The molecule has 1 aromatic carbocycles. The van der Waals surface area contributed by atoms with Crippen LogP contribution in [0.25, 0.3) is 0 Å². The Morgan fingerprint density at radius 2 is 2.06 bits per heavy atom. The third kappa shape index (κ3) is 5.55. The summed E-state index contributed by atoms with van der Waals surface area (Å²) in [5, 5.41) is 17.0. The summed E-state index contributed by atoms with van der Waals surface area (Å²) in [6.07, 6.45) is 2.22. The van der Waals surface area contributed by atoms with Crippen molar-refractivity contribution in [2.75, 3.05) is 17.7 Å². The van der Waals surface area contributed by atoms with Crippen LogP contribution in [-0.4, -0.2) is 24.2 Å². The molecular formula is C23H22ClN3O4S. The summed E-state index contributed by atoms with van der Waals surface area (Å²) in [6, 6.07) is 12.3. The molecule has 166 valence electrons. The number of hydrogen-bond donors (Lipinski definition) is 2. The predicted molar refractivity (Wildman–Crippen MR) is 124 cm³/mol. The topological polar surface area (TPSA) is 104 Å².